The zero-order valence-corrected chi connectivity index (χ0v) is 17.5. The Bertz CT molecular complexity index is 754. The lowest BCUT2D eigenvalue weighted by Gasteiger charge is -2.50. The number of carbonyl (C=O) groups is 2. The average molecular weight is 371 g/mol. The number of fused-ring (bicyclic) bond motifs is 4. The molecule has 0 spiro atoms. The highest BCUT2D eigenvalue weighted by Gasteiger charge is 2.51. The van der Waals surface area contributed by atoms with Crippen molar-refractivity contribution in [2.75, 3.05) is 0 Å². The molecule has 0 saturated heterocycles. The smallest absolute Gasteiger partial charge is 0.155 e. The molecule has 0 radical (unpaired) electrons. The molecule has 3 unspecified atom stereocenters. The number of carbonyl (C=O) groups excluding carboxylic acids is 2. The van der Waals surface area contributed by atoms with Crippen molar-refractivity contribution in [1.82, 2.24) is 0 Å². The molecule has 148 valence electrons. The maximum atomic E-state index is 11.8. The van der Waals surface area contributed by atoms with Crippen LogP contribution in [-0.2, 0) is 9.59 Å². The Kier molecular flexibility index (Phi) is 5.37. The van der Waals surface area contributed by atoms with Crippen LogP contribution in [-0.4, -0.2) is 22.8 Å². The van der Waals surface area contributed by atoms with Gasteiger partial charge in [0.05, 0.1) is 6.10 Å². The Morgan fingerprint density at radius 2 is 1.93 bits per heavy atom. The van der Waals surface area contributed by atoms with Crippen LogP contribution in [0.3, 0.4) is 0 Å². The van der Waals surface area contributed by atoms with Gasteiger partial charge in [0.1, 0.15) is 5.78 Å². The molecular weight excluding hydrogens is 336 g/mol. The molecule has 4 aliphatic rings. The van der Waals surface area contributed by atoms with Gasteiger partial charge < -0.3 is 9.90 Å². The average Bonchev–Trinajstić information content (AvgIpc) is 2.92. The van der Waals surface area contributed by atoms with Crippen LogP contribution in [0, 0.1) is 16.7 Å². The molecule has 1 N–H and O–H groups in total. The summed E-state index contributed by atoms with van der Waals surface area (Å²) in [6.45, 7) is 10.5. The summed E-state index contributed by atoms with van der Waals surface area (Å²) in [7, 11) is 0. The molecule has 0 heterocycles. The van der Waals surface area contributed by atoms with Gasteiger partial charge in [-0.05, 0) is 66.7 Å². The fourth-order valence-corrected chi connectivity index (χ4v) is 5.46. The van der Waals surface area contributed by atoms with Crippen molar-refractivity contribution in [2.45, 2.75) is 85.7 Å². The van der Waals surface area contributed by atoms with E-state index in [9.17, 15) is 14.7 Å². The van der Waals surface area contributed by atoms with E-state index in [0.29, 0.717) is 30.6 Å². The van der Waals surface area contributed by atoms with Crippen molar-refractivity contribution in [3.8, 4) is 0 Å². The van der Waals surface area contributed by atoms with Gasteiger partial charge >= 0.3 is 0 Å². The maximum Gasteiger partial charge on any atom is 0.155 e. The lowest BCUT2D eigenvalue weighted by molar-refractivity contribution is -0.117. The van der Waals surface area contributed by atoms with Crippen LogP contribution in [0.25, 0.3) is 0 Å². The molecule has 0 bridgehead atoms. The molecule has 0 aromatic heterocycles. The van der Waals surface area contributed by atoms with Gasteiger partial charge in [0.25, 0.3) is 0 Å². The second-order valence-electron chi connectivity index (χ2n) is 9.30. The maximum absolute atomic E-state index is 11.8. The van der Waals surface area contributed by atoms with Crippen LogP contribution in [0.2, 0.25) is 0 Å². The first-order chi connectivity index (χ1) is 12.6. The summed E-state index contributed by atoms with van der Waals surface area (Å²) < 4.78 is 0. The Morgan fingerprint density at radius 1 is 1.26 bits per heavy atom. The molecule has 0 saturated carbocycles. The van der Waals surface area contributed by atoms with Gasteiger partial charge in [-0.15, -0.1) is 0 Å². The van der Waals surface area contributed by atoms with Crippen molar-refractivity contribution in [3.63, 3.8) is 0 Å². The fraction of sp³-hybridized carbons (Fsp3) is 0.667. The Balaban J connectivity index is 0.000000376. The van der Waals surface area contributed by atoms with E-state index >= 15 is 0 Å². The summed E-state index contributed by atoms with van der Waals surface area (Å²) >= 11 is 0. The lowest BCUT2D eigenvalue weighted by atomic mass is 9.54. The highest BCUT2D eigenvalue weighted by atomic mass is 16.3. The third-order valence-corrected chi connectivity index (χ3v) is 7.71. The predicted molar refractivity (Wildman–Crippen MR) is 108 cm³/mol. The number of aliphatic hydroxyl groups is 1. The zero-order valence-electron chi connectivity index (χ0n) is 17.5. The third kappa shape index (κ3) is 3.29. The fourth-order valence-electron chi connectivity index (χ4n) is 5.46. The van der Waals surface area contributed by atoms with Gasteiger partial charge in [0.2, 0.25) is 0 Å². The minimum atomic E-state index is -0.479. The largest absolute Gasteiger partial charge is 0.388 e. The van der Waals surface area contributed by atoms with Gasteiger partial charge in [0, 0.05) is 24.7 Å². The number of allylic oxidation sites excluding steroid dienone is 4. The second-order valence-corrected chi connectivity index (χ2v) is 9.30. The summed E-state index contributed by atoms with van der Waals surface area (Å²) in [4.78, 5) is 21.6. The van der Waals surface area contributed by atoms with E-state index in [1.165, 1.54) is 23.1 Å². The minimum absolute atomic E-state index is 0.0884. The zero-order chi connectivity index (χ0) is 20.0. The van der Waals surface area contributed by atoms with Crippen LogP contribution >= 0.6 is 0 Å². The van der Waals surface area contributed by atoms with Crippen molar-refractivity contribution < 1.29 is 14.7 Å². The highest BCUT2D eigenvalue weighted by Crippen LogP contribution is 2.61. The number of ketones is 2. The highest BCUT2D eigenvalue weighted by molar-refractivity contribution is 5.92. The molecule has 4 aliphatic carbocycles. The molecule has 3 heteroatoms. The van der Waals surface area contributed by atoms with E-state index in [4.69, 9.17) is 0 Å². The summed E-state index contributed by atoms with van der Waals surface area (Å²) in [5.41, 5.74) is 5.65. The first-order valence-corrected chi connectivity index (χ1v) is 10.5. The van der Waals surface area contributed by atoms with Crippen LogP contribution in [0.5, 0.6) is 0 Å². The van der Waals surface area contributed by atoms with Crippen LogP contribution < -0.4 is 0 Å². The first kappa shape index (κ1) is 20.3. The van der Waals surface area contributed by atoms with E-state index in [0.717, 1.165) is 24.8 Å². The molecular formula is C24H34O3. The van der Waals surface area contributed by atoms with Gasteiger partial charge in [-0.2, -0.15) is 0 Å². The molecule has 0 aliphatic heterocycles. The minimum Gasteiger partial charge on any atom is -0.388 e. The Labute approximate surface area is 163 Å². The van der Waals surface area contributed by atoms with Crippen LogP contribution in [0.4, 0.5) is 0 Å². The molecule has 3 nitrogen and oxygen atoms in total. The van der Waals surface area contributed by atoms with Crippen molar-refractivity contribution in [1.29, 1.82) is 0 Å². The van der Waals surface area contributed by atoms with Crippen LogP contribution in [0.15, 0.2) is 34.4 Å². The number of rotatable bonds is 1. The first-order valence-electron chi connectivity index (χ1n) is 10.5. The topological polar surface area (TPSA) is 54.4 Å². The third-order valence-electron chi connectivity index (χ3n) is 7.71. The van der Waals surface area contributed by atoms with E-state index in [1.807, 2.05) is 6.92 Å². The second kappa shape index (κ2) is 7.16. The summed E-state index contributed by atoms with van der Waals surface area (Å²) in [6.07, 6.45) is 10.1. The van der Waals surface area contributed by atoms with Gasteiger partial charge in [-0.1, -0.05) is 39.3 Å². The Morgan fingerprint density at radius 3 is 2.56 bits per heavy atom. The van der Waals surface area contributed by atoms with Crippen LogP contribution in [0.1, 0.15) is 79.6 Å². The van der Waals surface area contributed by atoms with Gasteiger partial charge in [0.15, 0.2) is 5.78 Å². The van der Waals surface area contributed by atoms with Gasteiger partial charge in [-0.3, -0.25) is 4.79 Å². The summed E-state index contributed by atoms with van der Waals surface area (Å²) in [5.74, 6) is 1.14. The van der Waals surface area contributed by atoms with Gasteiger partial charge in [-0.25, -0.2) is 0 Å². The number of hydrogen-bond acceptors (Lipinski definition) is 3. The quantitative estimate of drug-likeness (QED) is 0.699. The van der Waals surface area contributed by atoms with E-state index < -0.39 is 6.10 Å². The number of Topliss-reactive ketones (excluding diaryl/α,β-unsaturated/α-hetero) is 1. The number of aliphatic hydroxyl groups excluding tert-OH is 1. The molecule has 4 atom stereocenters. The molecule has 27 heavy (non-hydrogen) atoms. The molecule has 0 aromatic rings. The van der Waals surface area contributed by atoms with E-state index in [-0.39, 0.29) is 17.0 Å². The van der Waals surface area contributed by atoms with Crippen molar-refractivity contribution >= 4 is 11.6 Å². The SMILES string of the molecule is CC1CC=C2C3=C(CCC21C)C1(C)CCC(=O)C=C1[C@H](O)C3.CCC(C)=O. The standard InChI is InChI=1S/C20H26O2.C4H8O/c1-12-4-5-15-14-11-18(22)17-10-13(21)6-8-20(17,3)16(14)7-9-19(12,15)2;1-3-4(2)5/h5,10,12,18,22H,4,6-9,11H2,1-3H3;3H2,1-2H3/t12?,18-,19?,20?;/m1./s1. The Hall–Kier alpha value is -1.48. The van der Waals surface area contributed by atoms with E-state index in [1.54, 1.807) is 13.0 Å². The molecule has 0 amide bonds. The molecule has 4 rings (SSSR count). The normalized spacial score (nSPS) is 37.3. The monoisotopic (exact) mass is 370 g/mol. The lowest BCUT2D eigenvalue weighted by Crippen LogP contribution is -2.42. The summed E-state index contributed by atoms with van der Waals surface area (Å²) in [6, 6.07) is 0. The molecule has 0 fully saturated rings. The summed E-state index contributed by atoms with van der Waals surface area (Å²) in [5, 5.41) is 10.7. The number of hydrogen-bond donors (Lipinski definition) is 1. The molecule has 0 aromatic carbocycles. The predicted octanol–water partition coefficient (Wildman–Crippen LogP) is 5.09. The van der Waals surface area contributed by atoms with Crippen molar-refractivity contribution in [3.05, 3.63) is 34.4 Å². The van der Waals surface area contributed by atoms with E-state index in [2.05, 4.69) is 26.8 Å². The van der Waals surface area contributed by atoms with Crippen molar-refractivity contribution in [2.24, 2.45) is 16.7 Å².